The highest BCUT2D eigenvalue weighted by Gasteiger charge is 2.27. The Labute approximate surface area is 84.7 Å². The molecule has 1 aliphatic rings. The monoisotopic (exact) mass is 191 g/mol. The predicted molar refractivity (Wildman–Crippen MR) is 59.0 cm³/mol. The van der Waals surface area contributed by atoms with Crippen LogP contribution in [-0.2, 0) is 0 Å². The van der Waals surface area contributed by atoms with Gasteiger partial charge in [-0.05, 0) is 30.7 Å². The molecule has 3 N–H and O–H groups in total. The van der Waals surface area contributed by atoms with Crippen molar-refractivity contribution < 1.29 is 0 Å². The summed E-state index contributed by atoms with van der Waals surface area (Å²) in [6.07, 6.45) is 4.53. The van der Waals surface area contributed by atoms with Gasteiger partial charge < -0.3 is 11.1 Å². The number of nitrogen functional groups attached to an aromatic ring is 1. The zero-order chi connectivity index (χ0) is 9.97. The van der Waals surface area contributed by atoms with Crippen LogP contribution in [0.2, 0.25) is 0 Å². The molecule has 1 atom stereocenters. The molecule has 0 saturated heterocycles. The summed E-state index contributed by atoms with van der Waals surface area (Å²) in [7, 11) is 0. The molecule has 0 radical (unpaired) electrons. The van der Waals surface area contributed by atoms with Gasteiger partial charge in [-0.2, -0.15) is 0 Å². The highest BCUT2D eigenvalue weighted by Crippen LogP contribution is 2.36. The second-order valence-corrected chi connectivity index (χ2v) is 4.17. The molecule has 1 saturated carbocycles. The van der Waals surface area contributed by atoms with E-state index in [2.05, 4.69) is 17.2 Å². The van der Waals surface area contributed by atoms with Crippen molar-refractivity contribution in [3.05, 3.63) is 18.3 Å². The van der Waals surface area contributed by atoms with Crippen molar-refractivity contribution in [3.8, 4) is 0 Å². The second kappa shape index (κ2) is 3.86. The third-order valence-corrected chi connectivity index (χ3v) is 2.82. The molecule has 1 heterocycles. The van der Waals surface area contributed by atoms with E-state index in [9.17, 15) is 0 Å². The van der Waals surface area contributed by atoms with E-state index >= 15 is 0 Å². The molecule has 1 aromatic heterocycles. The fourth-order valence-corrected chi connectivity index (χ4v) is 1.64. The number of rotatable bonds is 4. The van der Waals surface area contributed by atoms with Crippen LogP contribution >= 0.6 is 0 Å². The molecule has 0 bridgehead atoms. The van der Waals surface area contributed by atoms with Crippen molar-refractivity contribution in [2.45, 2.75) is 19.8 Å². The summed E-state index contributed by atoms with van der Waals surface area (Å²) in [5, 5.41) is 3.32. The molecule has 2 rings (SSSR count). The number of aromatic nitrogens is 1. The maximum absolute atomic E-state index is 5.66. The standard InChI is InChI=1S/C11H17N3/c1-8(9-2-3-9)7-14-11-6-10(12)4-5-13-11/h4-6,8-9H,2-3,7H2,1H3,(H3,12,13,14). The van der Waals surface area contributed by atoms with E-state index in [4.69, 9.17) is 5.73 Å². The molecule has 3 nitrogen and oxygen atoms in total. The SMILES string of the molecule is CC(CNc1cc(N)ccn1)C1CC1. The molecular formula is C11H17N3. The van der Waals surface area contributed by atoms with E-state index in [-0.39, 0.29) is 0 Å². The van der Waals surface area contributed by atoms with Gasteiger partial charge in [0.2, 0.25) is 0 Å². The highest BCUT2D eigenvalue weighted by atomic mass is 15.0. The number of pyridine rings is 1. The Balaban J connectivity index is 1.84. The van der Waals surface area contributed by atoms with Crippen LogP contribution in [0.25, 0.3) is 0 Å². The summed E-state index contributed by atoms with van der Waals surface area (Å²) in [5.74, 6) is 2.57. The summed E-state index contributed by atoms with van der Waals surface area (Å²) < 4.78 is 0. The lowest BCUT2D eigenvalue weighted by molar-refractivity contribution is 0.536. The molecule has 1 fully saturated rings. The van der Waals surface area contributed by atoms with Gasteiger partial charge in [-0.15, -0.1) is 0 Å². The van der Waals surface area contributed by atoms with Crippen LogP contribution in [0.15, 0.2) is 18.3 Å². The van der Waals surface area contributed by atoms with Crippen LogP contribution < -0.4 is 11.1 Å². The van der Waals surface area contributed by atoms with Crippen LogP contribution in [0.5, 0.6) is 0 Å². The summed E-state index contributed by atoms with van der Waals surface area (Å²) in [6, 6.07) is 3.68. The van der Waals surface area contributed by atoms with Crippen molar-refractivity contribution >= 4 is 11.5 Å². The summed E-state index contributed by atoms with van der Waals surface area (Å²) in [5.41, 5.74) is 6.42. The Morgan fingerprint density at radius 3 is 3.07 bits per heavy atom. The van der Waals surface area contributed by atoms with Gasteiger partial charge >= 0.3 is 0 Å². The number of hydrogen-bond donors (Lipinski definition) is 2. The summed E-state index contributed by atoms with van der Waals surface area (Å²) in [6.45, 7) is 3.29. The summed E-state index contributed by atoms with van der Waals surface area (Å²) in [4.78, 5) is 4.20. The Hall–Kier alpha value is -1.25. The number of hydrogen-bond acceptors (Lipinski definition) is 3. The van der Waals surface area contributed by atoms with E-state index in [0.29, 0.717) is 0 Å². The molecule has 3 heteroatoms. The molecule has 0 spiro atoms. The van der Waals surface area contributed by atoms with Crippen LogP contribution in [0, 0.1) is 11.8 Å². The van der Waals surface area contributed by atoms with Gasteiger partial charge in [-0.25, -0.2) is 4.98 Å². The van der Waals surface area contributed by atoms with Gasteiger partial charge in [0, 0.05) is 24.5 Å². The first kappa shape index (κ1) is 9.31. The van der Waals surface area contributed by atoms with E-state index in [1.54, 1.807) is 12.3 Å². The average molecular weight is 191 g/mol. The van der Waals surface area contributed by atoms with Gasteiger partial charge in [0.05, 0.1) is 0 Å². The molecule has 1 aromatic rings. The number of nitrogens with one attached hydrogen (secondary N) is 1. The molecule has 76 valence electrons. The molecule has 1 unspecified atom stereocenters. The molecule has 14 heavy (non-hydrogen) atoms. The smallest absolute Gasteiger partial charge is 0.127 e. The van der Waals surface area contributed by atoms with Gasteiger partial charge in [-0.1, -0.05) is 6.92 Å². The van der Waals surface area contributed by atoms with Crippen molar-refractivity contribution in [3.63, 3.8) is 0 Å². The molecule has 0 aromatic carbocycles. The van der Waals surface area contributed by atoms with Crippen molar-refractivity contribution in [2.75, 3.05) is 17.6 Å². The minimum Gasteiger partial charge on any atom is -0.399 e. The Morgan fingerprint density at radius 1 is 1.64 bits per heavy atom. The van der Waals surface area contributed by atoms with Gasteiger partial charge in [0.15, 0.2) is 0 Å². The first-order valence-electron chi connectivity index (χ1n) is 5.21. The number of nitrogens with zero attached hydrogens (tertiary/aromatic N) is 1. The average Bonchev–Trinajstić information content (AvgIpc) is 2.97. The minimum atomic E-state index is 0.748. The quantitative estimate of drug-likeness (QED) is 0.766. The van der Waals surface area contributed by atoms with Crippen LogP contribution in [-0.4, -0.2) is 11.5 Å². The van der Waals surface area contributed by atoms with Crippen molar-refractivity contribution in [1.82, 2.24) is 4.98 Å². The van der Waals surface area contributed by atoms with Gasteiger partial charge in [0.25, 0.3) is 0 Å². The topological polar surface area (TPSA) is 50.9 Å². The fraction of sp³-hybridized carbons (Fsp3) is 0.545. The largest absolute Gasteiger partial charge is 0.399 e. The van der Waals surface area contributed by atoms with E-state index in [1.165, 1.54) is 12.8 Å². The second-order valence-electron chi connectivity index (χ2n) is 4.17. The summed E-state index contributed by atoms with van der Waals surface area (Å²) >= 11 is 0. The van der Waals surface area contributed by atoms with E-state index < -0.39 is 0 Å². The normalized spacial score (nSPS) is 17.8. The third kappa shape index (κ3) is 2.37. The van der Waals surface area contributed by atoms with Crippen molar-refractivity contribution in [2.24, 2.45) is 11.8 Å². The number of nitrogens with two attached hydrogens (primary N) is 1. The molecule has 0 amide bonds. The van der Waals surface area contributed by atoms with Gasteiger partial charge in [-0.3, -0.25) is 0 Å². The molecular weight excluding hydrogens is 174 g/mol. The fourth-order valence-electron chi connectivity index (χ4n) is 1.64. The Morgan fingerprint density at radius 2 is 2.43 bits per heavy atom. The Kier molecular flexibility index (Phi) is 2.57. The Bertz CT molecular complexity index is 307. The first-order valence-corrected chi connectivity index (χ1v) is 5.21. The van der Waals surface area contributed by atoms with Gasteiger partial charge in [0.1, 0.15) is 5.82 Å². The third-order valence-electron chi connectivity index (χ3n) is 2.82. The zero-order valence-electron chi connectivity index (χ0n) is 8.53. The maximum atomic E-state index is 5.66. The van der Waals surface area contributed by atoms with Crippen molar-refractivity contribution in [1.29, 1.82) is 0 Å². The minimum absolute atomic E-state index is 0.748. The lowest BCUT2D eigenvalue weighted by Crippen LogP contribution is -2.13. The van der Waals surface area contributed by atoms with Crippen LogP contribution in [0.3, 0.4) is 0 Å². The first-order chi connectivity index (χ1) is 6.75. The van der Waals surface area contributed by atoms with Crippen LogP contribution in [0.4, 0.5) is 11.5 Å². The lowest BCUT2D eigenvalue weighted by Gasteiger charge is -2.11. The van der Waals surface area contributed by atoms with E-state index in [1.807, 2.05) is 6.07 Å². The number of anilines is 2. The maximum Gasteiger partial charge on any atom is 0.127 e. The molecule has 1 aliphatic carbocycles. The molecule has 0 aliphatic heterocycles. The predicted octanol–water partition coefficient (Wildman–Crippen LogP) is 2.12. The lowest BCUT2D eigenvalue weighted by atomic mass is 10.1. The highest BCUT2D eigenvalue weighted by molar-refractivity contribution is 5.48. The zero-order valence-corrected chi connectivity index (χ0v) is 8.53. The van der Waals surface area contributed by atoms with Crippen LogP contribution in [0.1, 0.15) is 19.8 Å². The van der Waals surface area contributed by atoms with E-state index in [0.717, 1.165) is 29.9 Å².